The Labute approximate surface area is 133 Å². The zero-order chi connectivity index (χ0) is 16.7. The molecule has 1 amide bonds. The molecule has 3 heterocycles. The van der Waals surface area contributed by atoms with E-state index in [0.717, 1.165) is 30.4 Å². The molecule has 2 aromatic rings. The Bertz CT molecular complexity index is 897. The van der Waals surface area contributed by atoms with E-state index in [1.54, 1.807) is 19.2 Å². The molecule has 7 nitrogen and oxygen atoms in total. The number of nitrogens with zero attached hydrogens (tertiary/aromatic N) is 4. The number of fused-ring (bicyclic) bond motifs is 1. The van der Waals surface area contributed by atoms with Gasteiger partial charge in [0.1, 0.15) is 11.3 Å². The van der Waals surface area contributed by atoms with Crippen molar-refractivity contribution < 1.29 is 4.79 Å². The molecule has 1 aliphatic heterocycles. The summed E-state index contributed by atoms with van der Waals surface area (Å²) in [7, 11) is 2.98. The molecule has 7 heteroatoms. The lowest BCUT2D eigenvalue weighted by Crippen LogP contribution is -2.42. The van der Waals surface area contributed by atoms with Crippen molar-refractivity contribution in [2.45, 2.75) is 32.2 Å². The van der Waals surface area contributed by atoms with Crippen LogP contribution in [-0.2, 0) is 14.1 Å². The lowest BCUT2D eigenvalue weighted by molar-refractivity contribution is 0.0630. The average Bonchev–Trinajstić information content (AvgIpc) is 2.57. The van der Waals surface area contributed by atoms with Gasteiger partial charge in [0.2, 0.25) is 0 Å². The first-order valence-electron chi connectivity index (χ1n) is 7.79. The normalized spacial score (nSPS) is 18.4. The van der Waals surface area contributed by atoms with Crippen molar-refractivity contribution in [3.63, 3.8) is 0 Å². The van der Waals surface area contributed by atoms with Gasteiger partial charge in [0.25, 0.3) is 11.5 Å². The van der Waals surface area contributed by atoms with Gasteiger partial charge in [-0.1, -0.05) is 0 Å². The fraction of sp³-hybridized carbons (Fsp3) is 0.500. The maximum absolute atomic E-state index is 12.7. The first kappa shape index (κ1) is 15.5. The SMILES string of the molecule is C[C@@H]1CCCCN1C(=O)c1ccc2c(=O)n(C)c(=O)n(C)c2n1. The number of carbonyl (C=O) groups excluding carboxylic acids is 1. The van der Waals surface area contributed by atoms with Crippen LogP contribution in [0.25, 0.3) is 11.0 Å². The number of piperidine rings is 1. The van der Waals surface area contributed by atoms with Crippen LogP contribution in [0.4, 0.5) is 0 Å². The number of pyridine rings is 1. The molecule has 1 fully saturated rings. The highest BCUT2D eigenvalue weighted by molar-refractivity contribution is 5.94. The second kappa shape index (κ2) is 5.64. The number of rotatable bonds is 1. The molecular weight excluding hydrogens is 296 g/mol. The van der Waals surface area contributed by atoms with E-state index in [9.17, 15) is 14.4 Å². The molecule has 0 N–H and O–H groups in total. The molecule has 0 spiro atoms. The monoisotopic (exact) mass is 316 g/mol. The highest BCUT2D eigenvalue weighted by Crippen LogP contribution is 2.19. The zero-order valence-corrected chi connectivity index (χ0v) is 13.6. The van der Waals surface area contributed by atoms with E-state index in [4.69, 9.17) is 0 Å². The van der Waals surface area contributed by atoms with E-state index in [2.05, 4.69) is 4.98 Å². The van der Waals surface area contributed by atoms with Crippen molar-refractivity contribution in [1.82, 2.24) is 19.0 Å². The van der Waals surface area contributed by atoms with Crippen molar-refractivity contribution in [1.29, 1.82) is 0 Å². The van der Waals surface area contributed by atoms with E-state index < -0.39 is 11.2 Å². The Hall–Kier alpha value is -2.44. The Morgan fingerprint density at radius 3 is 2.61 bits per heavy atom. The lowest BCUT2D eigenvalue weighted by atomic mass is 10.0. The molecule has 3 rings (SSSR count). The third-order valence-corrected chi connectivity index (χ3v) is 4.58. The largest absolute Gasteiger partial charge is 0.335 e. The Morgan fingerprint density at radius 2 is 1.91 bits per heavy atom. The number of likely N-dealkylation sites (tertiary alicyclic amines) is 1. The van der Waals surface area contributed by atoms with Gasteiger partial charge in [-0.15, -0.1) is 0 Å². The standard InChI is InChI=1S/C16H20N4O3/c1-10-6-4-5-9-20(10)15(22)12-8-7-11-13(17-12)18(2)16(23)19(3)14(11)21/h7-8,10H,4-6,9H2,1-3H3/t10-/m1/s1. The van der Waals surface area contributed by atoms with Gasteiger partial charge in [-0.25, -0.2) is 9.78 Å². The summed E-state index contributed by atoms with van der Waals surface area (Å²) in [5, 5.41) is 0.331. The summed E-state index contributed by atoms with van der Waals surface area (Å²) in [6.45, 7) is 2.75. The van der Waals surface area contributed by atoms with E-state index in [1.165, 1.54) is 11.6 Å². The van der Waals surface area contributed by atoms with Crippen molar-refractivity contribution in [3.05, 3.63) is 38.7 Å². The number of amides is 1. The molecule has 122 valence electrons. The minimum Gasteiger partial charge on any atom is -0.335 e. The van der Waals surface area contributed by atoms with Crippen LogP contribution in [0.2, 0.25) is 0 Å². The van der Waals surface area contributed by atoms with Gasteiger partial charge in [0.05, 0.1) is 5.39 Å². The van der Waals surface area contributed by atoms with E-state index in [-0.39, 0.29) is 23.3 Å². The molecule has 0 radical (unpaired) electrons. The summed E-state index contributed by atoms with van der Waals surface area (Å²) in [6.07, 6.45) is 3.10. The summed E-state index contributed by atoms with van der Waals surface area (Å²) in [6, 6.07) is 3.32. The predicted octanol–water partition coefficient (Wildman–Crippen LogP) is 0.647. The molecule has 0 aromatic carbocycles. The predicted molar refractivity (Wildman–Crippen MR) is 86.6 cm³/mol. The van der Waals surface area contributed by atoms with Gasteiger partial charge in [-0.3, -0.25) is 18.7 Å². The van der Waals surface area contributed by atoms with Gasteiger partial charge in [-0.05, 0) is 38.3 Å². The van der Waals surface area contributed by atoms with Gasteiger partial charge < -0.3 is 4.90 Å². The first-order valence-corrected chi connectivity index (χ1v) is 7.79. The fourth-order valence-corrected chi connectivity index (χ4v) is 3.12. The van der Waals surface area contributed by atoms with Crippen LogP contribution >= 0.6 is 0 Å². The molecule has 1 aliphatic rings. The van der Waals surface area contributed by atoms with Crippen LogP contribution in [0.5, 0.6) is 0 Å². The van der Waals surface area contributed by atoms with Crippen LogP contribution in [0.1, 0.15) is 36.7 Å². The molecule has 1 atom stereocenters. The smallest absolute Gasteiger partial charge is 0.332 e. The maximum atomic E-state index is 12.7. The Balaban J connectivity index is 2.12. The van der Waals surface area contributed by atoms with Crippen LogP contribution in [0.15, 0.2) is 21.7 Å². The summed E-state index contributed by atoms with van der Waals surface area (Å²) in [5.41, 5.74) is -0.338. The Kier molecular flexibility index (Phi) is 3.79. The van der Waals surface area contributed by atoms with E-state index in [1.807, 2.05) is 11.8 Å². The number of hydrogen-bond acceptors (Lipinski definition) is 4. The number of hydrogen-bond donors (Lipinski definition) is 0. The molecular formula is C16H20N4O3. The quantitative estimate of drug-likeness (QED) is 0.774. The number of aryl methyl sites for hydroxylation is 1. The zero-order valence-electron chi connectivity index (χ0n) is 13.6. The first-order chi connectivity index (χ1) is 10.9. The molecule has 2 aromatic heterocycles. The maximum Gasteiger partial charge on any atom is 0.332 e. The lowest BCUT2D eigenvalue weighted by Gasteiger charge is -2.33. The van der Waals surface area contributed by atoms with Crippen LogP contribution in [0.3, 0.4) is 0 Å². The van der Waals surface area contributed by atoms with Gasteiger partial charge in [0, 0.05) is 26.7 Å². The summed E-state index contributed by atoms with van der Waals surface area (Å²) >= 11 is 0. The van der Waals surface area contributed by atoms with Crippen molar-refractivity contribution in [2.75, 3.05) is 6.54 Å². The Morgan fingerprint density at radius 1 is 1.17 bits per heavy atom. The highest BCUT2D eigenvalue weighted by Gasteiger charge is 2.25. The van der Waals surface area contributed by atoms with Crippen LogP contribution < -0.4 is 11.2 Å². The minimum absolute atomic E-state index is 0.146. The van der Waals surface area contributed by atoms with Crippen molar-refractivity contribution >= 4 is 16.9 Å². The molecule has 0 bridgehead atoms. The highest BCUT2D eigenvalue weighted by atomic mass is 16.2. The van der Waals surface area contributed by atoms with Crippen molar-refractivity contribution in [2.24, 2.45) is 14.1 Å². The topological polar surface area (TPSA) is 77.2 Å². The molecule has 0 aliphatic carbocycles. The number of aromatic nitrogens is 3. The van der Waals surface area contributed by atoms with Crippen molar-refractivity contribution in [3.8, 4) is 0 Å². The molecule has 0 saturated carbocycles. The molecule has 23 heavy (non-hydrogen) atoms. The second-order valence-electron chi connectivity index (χ2n) is 6.12. The average molecular weight is 316 g/mol. The molecule has 1 saturated heterocycles. The number of carbonyl (C=O) groups is 1. The summed E-state index contributed by atoms with van der Waals surface area (Å²) in [4.78, 5) is 43.0. The summed E-state index contributed by atoms with van der Waals surface area (Å²) in [5.74, 6) is -0.146. The van der Waals surface area contributed by atoms with Gasteiger partial charge in [0.15, 0.2) is 0 Å². The summed E-state index contributed by atoms with van der Waals surface area (Å²) < 4.78 is 2.34. The second-order valence-corrected chi connectivity index (χ2v) is 6.12. The minimum atomic E-state index is -0.453. The third kappa shape index (κ3) is 2.46. The van der Waals surface area contributed by atoms with E-state index >= 15 is 0 Å². The van der Waals surface area contributed by atoms with E-state index in [0.29, 0.717) is 5.39 Å². The third-order valence-electron chi connectivity index (χ3n) is 4.58. The fourth-order valence-electron chi connectivity index (χ4n) is 3.12. The van der Waals surface area contributed by atoms with Gasteiger partial charge >= 0.3 is 5.69 Å². The van der Waals surface area contributed by atoms with Gasteiger partial charge in [-0.2, -0.15) is 0 Å². The molecule has 0 unspecified atom stereocenters. The van der Waals surface area contributed by atoms with Crippen LogP contribution in [-0.4, -0.2) is 37.5 Å². The van der Waals surface area contributed by atoms with Crippen LogP contribution in [0, 0.1) is 0 Å².